The second-order valence-corrected chi connectivity index (χ2v) is 18.9. The van der Waals surface area contributed by atoms with Crippen LogP contribution in [0.3, 0.4) is 0 Å². The highest BCUT2D eigenvalue weighted by molar-refractivity contribution is 5.84. The van der Waals surface area contributed by atoms with Crippen molar-refractivity contribution in [2.75, 3.05) is 33.4 Å². The third-order valence-electron chi connectivity index (χ3n) is 17.1. The second-order valence-electron chi connectivity index (χ2n) is 18.9. The first-order chi connectivity index (χ1) is 20.8. The zero-order valence-electron chi connectivity index (χ0n) is 29.4. The lowest BCUT2D eigenvalue weighted by molar-refractivity contribution is -0.249. The number of methoxy groups -OCH3 is 1. The van der Waals surface area contributed by atoms with Crippen LogP contribution in [0.15, 0.2) is 0 Å². The van der Waals surface area contributed by atoms with Gasteiger partial charge in [-0.05, 0) is 147 Å². The van der Waals surface area contributed by atoms with E-state index in [1.807, 2.05) is 0 Å². The number of aliphatic hydroxyl groups excluding tert-OH is 1. The molecular weight excluding hydrogens is 546 g/mol. The van der Waals surface area contributed by atoms with Gasteiger partial charge in [-0.2, -0.15) is 0 Å². The highest BCUT2D eigenvalue weighted by atomic mass is 16.5. The van der Waals surface area contributed by atoms with Gasteiger partial charge in [0.15, 0.2) is 0 Å². The van der Waals surface area contributed by atoms with E-state index in [4.69, 9.17) is 9.47 Å². The van der Waals surface area contributed by atoms with Crippen molar-refractivity contribution in [3.63, 3.8) is 0 Å². The summed E-state index contributed by atoms with van der Waals surface area (Å²) in [5, 5.41) is 11.1. The molecule has 10 atom stereocenters. The predicted molar refractivity (Wildman–Crippen MR) is 175 cm³/mol. The largest absolute Gasteiger partial charge is 0.393 e. The highest BCUT2D eigenvalue weighted by Gasteiger charge is 2.73. The Bertz CT molecular complexity index is 1110. The smallest absolute Gasteiger partial charge is 0.229 e. The minimum atomic E-state index is -0.168. The van der Waals surface area contributed by atoms with Crippen LogP contribution in [0.2, 0.25) is 0 Å². The minimum absolute atomic E-state index is 0.000393. The molecule has 44 heavy (non-hydrogen) atoms. The molecule has 1 saturated heterocycles. The first-order valence-corrected chi connectivity index (χ1v) is 18.8. The molecular formula is C39H65NO4. The third kappa shape index (κ3) is 4.35. The van der Waals surface area contributed by atoms with E-state index in [2.05, 4.69) is 46.4 Å². The maximum atomic E-state index is 14.9. The molecule has 0 spiro atoms. The zero-order chi connectivity index (χ0) is 31.3. The molecule has 6 saturated carbocycles. The van der Waals surface area contributed by atoms with Gasteiger partial charge in [-0.15, -0.1) is 0 Å². The monoisotopic (exact) mass is 611 g/mol. The minimum Gasteiger partial charge on any atom is -0.393 e. The lowest BCUT2D eigenvalue weighted by atomic mass is 9.32. The molecule has 1 heterocycles. The standard InChI is InChI=1S/C39H65NO4/c1-34(2)29-11-16-38(6)30(36(29,4)15-12-31(34)41)9-8-28-32-27(35(3)18-19-35)10-17-39(32,21-20-37(28,38)5)33(42)40-22-13-26(14-23-40)44-25-24-43-7/h26-32,41H,8-25H2,1-7H3/t27-,28-,29+,30-,31+,32-,36+,37-,38-,39+/m1/s1. The molecule has 7 fully saturated rings. The molecule has 7 aliphatic rings. The molecule has 0 radical (unpaired) electrons. The normalized spacial score (nSPS) is 49.4. The fourth-order valence-corrected chi connectivity index (χ4v) is 14.1. The Morgan fingerprint density at radius 3 is 2.14 bits per heavy atom. The Balaban J connectivity index is 1.18. The number of nitrogens with zero attached hydrogens (tertiary/aromatic N) is 1. The predicted octanol–water partition coefficient (Wildman–Crippen LogP) is 7.88. The summed E-state index contributed by atoms with van der Waals surface area (Å²) in [5.41, 5.74) is 1.21. The Kier molecular flexibility index (Phi) is 7.75. The molecule has 1 aliphatic heterocycles. The van der Waals surface area contributed by atoms with Gasteiger partial charge in [0.2, 0.25) is 5.91 Å². The molecule has 1 N–H and O–H groups in total. The summed E-state index contributed by atoms with van der Waals surface area (Å²) >= 11 is 0. The van der Waals surface area contributed by atoms with Gasteiger partial charge in [0.05, 0.1) is 30.8 Å². The number of hydrogen-bond donors (Lipinski definition) is 1. The van der Waals surface area contributed by atoms with Crippen LogP contribution in [-0.2, 0) is 14.3 Å². The first-order valence-electron chi connectivity index (χ1n) is 18.8. The number of amides is 1. The van der Waals surface area contributed by atoms with Crippen LogP contribution in [-0.4, -0.2) is 61.5 Å². The van der Waals surface area contributed by atoms with Gasteiger partial charge in [-0.3, -0.25) is 4.79 Å². The summed E-state index contributed by atoms with van der Waals surface area (Å²) in [7, 11) is 1.73. The molecule has 1 amide bonds. The summed E-state index contributed by atoms with van der Waals surface area (Å²) in [4.78, 5) is 17.2. The van der Waals surface area contributed by atoms with Gasteiger partial charge in [-0.1, -0.05) is 41.5 Å². The molecule has 5 nitrogen and oxygen atoms in total. The molecule has 0 aromatic heterocycles. The van der Waals surface area contributed by atoms with E-state index in [0.29, 0.717) is 59.0 Å². The number of ether oxygens (including phenoxy) is 2. The number of aliphatic hydroxyl groups is 1. The number of piperidine rings is 1. The lowest BCUT2D eigenvalue weighted by Crippen LogP contribution is -2.67. The van der Waals surface area contributed by atoms with Crippen molar-refractivity contribution in [2.45, 2.75) is 144 Å². The van der Waals surface area contributed by atoms with Crippen LogP contribution in [0.25, 0.3) is 0 Å². The van der Waals surface area contributed by atoms with Crippen molar-refractivity contribution >= 4 is 5.91 Å². The van der Waals surface area contributed by atoms with Crippen molar-refractivity contribution in [3.8, 4) is 0 Å². The maximum Gasteiger partial charge on any atom is 0.229 e. The van der Waals surface area contributed by atoms with E-state index in [9.17, 15) is 9.90 Å². The number of carbonyl (C=O) groups is 1. The van der Waals surface area contributed by atoms with E-state index in [-0.39, 0.29) is 28.5 Å². The zero-order valence-corrected chi connectivity index (χ0v) is 29.4. The van der Waals surface area contributed by atoms with E-state index >= 15 is 0 Å². The number of rotatable bonds is 6. The van der Waals surface area contributed by atoms with Gasteiger partial charge >= 0.3 is 0 Å². The average Bonchev–Trinajstić information content (AvgIpc) is 3.61. The van der Waals surface area contributed by atoms with Crippen molar-refractivity contribution in [2.24, 2.45) is 62.1 Å². The Hall–Kier alpha value is -0.650. The van der Waals surface area contributed by atoms with Gasteiger partial charge in [0.25, 0.3) is 0 Å². The average molecular weight is 612 g/mol. The fraction of sp³-hybridized carbons (Fsp3) is 0.974. The Morgan fingerprint density at radius 2 is 1.45 bits per heavy atom. The Morgan fingerprint density at radius 1 is 0.727 bits per heavy atom. The summed E-state index contributed by atoms with van der Waals surface area (Å²) < 4.78 is 11.3. The van der Waals surface area contributed by atoms with Crippen molar-refractivity contribution in [3.05, 3.63) is 0 Å². The summed E-state index contributed by atoms with van der Waals surface area (Å²) in [6.07, 6.45) is 16.8. The molecule has 0 unspecified atom stereocenters. The fourth-order valence-electron chi connectivity index (χ4n) is 14.1. The lowest BCUT2D eigenvalue weighted by Gasteiger charge is -2.73. The quantitative estimate of drug-likeness (QED) is 0.311. The molecule has 0 bridgehead atoms. The molecule has 6 aliphatic carbocycles. The van der Waals surface area contributed by atoms with Gasteiger partial charge in [0, 0.05) is 20.2 Å². The maximum absolute atomic E-state index is 14.9. The van der Waals surface area contributed by atoms with E-state index in [1.165, 1.54) is 57.8 Å². The molecule has 5 heteroatoms. The van der Waals surface area contributed by atoms with Crippen LogP contribution in [0.5, 0.6) is 0 Å². The van der Waals surface area contributed by atoms with Gasteiger partial charge in [0.1, 0.15) is 0 Å². The summed E-state index contributed by atoms with van der Waals surface area (Å²) in [6.45, 7) is 18.4. The molecule has 0 aromatic carbocycles. The van der Waals surface area contributed by atoms with Crippen LogP contribution in [0.4, 0.5) is 0 Å². The first kappa shape index (κ1) is 31.9. The van der Waals surface area contributed by atoms with E-state index in [0.717, 1.165) is 51.1 Å². The van der Waals surface area contributed by atoms with E-state index < -0.39 is 0 Å². The van der Waals surface area contributed by atoms with Crippen molar-refractivity contribution in [1.82, 2.24) is 4.90 Å². The van der Waals surface area contributed by atoms with Gasteiger partial charge in [-0.25, -0.2) is 0 Å². The van der Waals surface area contributed by atoms with E-state index in [1.54, 1.807) is 7.11 Å². The summed E-state index contributed by atoms with van der Waals surface area (Å²) in [5.74, 6) is 3.76. The van der Waals surface area contributed by atoms with Crippen LogP contribution in [0.1, 0.15) is 131 Å². The number of fused-ring (bicyclic) bond motifs is 7. The molecule has 250 valence electrons. The van der Waals surface area contributed by atoms with Crippen molar-refractivity contribution < 1.29 is 19.4 Å². The van der Waals surface area contributed by atoms with Crippen molar-refractivity contribution in [1.29, 1.82) is 0 Å². The second kappa shape index (κ2) is 10.7. The topological polar surface area (TPSA) is 59.0 Å². The summed E-state index contributed by atoms with van der Waals surface area (Å²) in [6, 6.07) is 0. The SMILES string of the molecule is COCCOC1CCN(C(=O)[C@]23CC[C@@H](C4(C)CC4)[C@@H]2[C@H]2CC[C@@H]4[C@@]5(C)CC[C@H](O)C(C)(C)[C@@H]5CC[C@@]4(C)[C@]2(C)CC3)CC1. The molecule has 7 rings (SSSR count). The van der Waals surface area contributed by atoms with Crippen LogP contribution < -0.4 is 0 Å². The van der Waals surface area contributed by atoms with Gasteiger partial charge < -0.3 is 19.5 Å². The number of likely N-dealkylation sites (tertiary alicyclic amines) is 1. The molecule has 0 aromatic rings. The highest BCUT2D eigenvalue weighted by Crippen LogP contribution is 2.79. The number of carbonyl (C=O) groups excluding carboxylic acids is 1. The van der Waals surface area contributed by atoms with Crippen LogP contribution >= 0.6 is 0 Å². The third-order valence-corrected chi connectivity index (χ3v) is 17.1. The van der Waals surface area contributed by atoms with Crippen LogP contribution in [0, 0.1) is 62.1 Å². The number of hydrogen-bond acceptors (Lipinski definition) is 4. The Labute approximate surface area is 269 Å².